The topological polar surface area (TPSA) is 71.4 Å². The lowest BCUT2D eigenvalue weighted by atomic mass is 9.34. The molecule has 3 saturated carbocycles. The fourth-order valence-electron chi connectivity index (χ4n) is 9.82. The molecule has 0 aromatic carbocycles. The fourth-order valence-corrected chi connectivity index (χ4v) is 9.82. The summed E-state index contributed by atoms with van der Waals surface area (Å²) in [5.41, 5.74) is -1.89. The van der Waals surface area contributed by atoms with Crippen LogP contribution in [0.1, 0.15) is 93.4 Å². The molecular weight excluding hydrogens is 443 g/mol. The highest BCUT2D eigenvalue weighted by molar-refractivity contribution is 6.01. The van der Waals surface area contributed by atoms with Crippen molar-refractivity contribution in [2.45, 2.75) is 93.4 Å². The summed E-state index contributed by atoms with van der Waals surface area (Å²) in [6.45, 7) is 14.3. The third-order valence-corrected chi connectivity index (χ3v) is 12.4. The minimum atomic E-state index is -0.849. The van der Waals surface area contributed by atoms with Crippen LogP contribution in [-0.2, 0) is 14.4 Å². The number of halogens is 1. The molecule has 5 heteroatoms. The summed E-state index contributed by atoms with van der Waals surface area (Å²) in [4.78, 5) is 39.1. The van der Waals surface area contributed by atoms with E-state index in [0.717, 1.165) is 37.7 Å². The van der Waals surface area contributed by atoms with E-state index in [1.165, 1.54) is 6.08 Å². The minimum absolute atomic E-state index is 0.00383. The van der Waals surface area contributed by atoms with Gasteiger partial charge in [-0.2, -0.15) is 0 Å². The van der Waals surface area contributed by atoms with Crippen molar-refractivity contribution in [3.05, 3.63) is 23.6 Å². The maximum absolute atomic E-state index is 15.1. The average molecular weight is 485 g/mol. The van der Waals surface area contributed by atoms with E-state index in [0.29, 0.717) is 12.8 Å². The van der Waals surface area contributed by atoms with E-state index in [4.69, 9.17) is 0 Å². The molecule has 0 aromatic heterocycles. The van der Waals surface area contributed by atoms with Crippen LogP contribution in [0, 0.1) is 50.2 Å². The molecule has 0 saturated heterocycles. The second-order valence-corrected chi connectivity index (χ2v) is 14.5. The third kappa shape index (κ3) is 2.87. The number of rotatable bonds is 1. The van der Waals surface area contributed by atoms with Crippen molar-refractivity contribution >= 4 is 17.5 Å². The van der Waals surface area contributed by atoms with Crippen molar-refractivity contribution in [1.29, 1.82) is 0 Å². The molecule has 0 unspecified atom stereocenters. The Balaban J connectivity index is 1.67. The summed E-state index contributed by atoms with van der Waals surface area (Å²) >= 11 is 0. The van der Waals surface area contributed by atoms with Crippen LogP contribution in [0.5, 0.6) is 0 Å². The number of Topliss-reactive ketones (excluding diaryl/α,β-unsaturated/α-hetero) is 1. The van der Waals surface area contributed by atoms with Crippen LogP contribution in [0.2, 0.25) is 0 Å². The highest BCUT2D eigenvalue weighted by atomic mass is 19.1. The highest BCUT2D eigenvalue weighted by Crippen LogP contribution is 2.74. The zero-order valence-electron chi connectivity index (χ0n) is 22.4. The van der Waals surface area contributed by atoms with Gasteiger partial charge in [-0.1, -0.05) is 47.1 Å². The SMILES string of the molecule is CC1(C)C(=O)C(F)=C[C@]2(C)[C@H]3C(=O)C=C4[C@@H]5C[C@@](C)(C(=O)O)CC[C@]5(C)CC[C@@]4(C)[C@]3(C)CC[C@@H]12. The van der Waals surface area contributed by atoms with Gasteiger partial charge >= 0.3 is 5.97 Å². The average Bonchev–Trinajstić information content (AvgIpc) is 2.74. The largest absolute Gasteiger partial charge is 0.481 e. The van der Waals surface area contributed by atoms with Gasteiger partial charge in [0.25, 0.3) is 0 Å². The molecule has 5 aliphatic carbocycles. The number of hydrogen-bond donors (Lipinski definition) is 1. The predicted molar refractivity (Wildman–Crippen MR) is 132 cm³/mol. The van der Waals surface area contributed by atoms with Crippen molar-refractivity contribution in [2.75, 3.05) is 0 Å². The number of carbonyl (C=O) groups excluding carboxylic acids is 2. The molecule has 192 valence electrons. The minimum Gasteiger partial charge on any atom is -0.481 e. The number of carboxylic acids is 1. The van der Waals surface area contributed by atoms with E-state index in [9.17, 15) is 19.5 Å². The number of ketones is 2. The van der Waals surface area contributed by atoms with Crippen molar-refractivity contribution in [3.63, 3.8) is 0 Å². The van der Waals surface area contributed by atoms with Gasteiger partial charge in [0.2, 0.25) is 0 Å². The molecule has 0 spiro atoms. The number of carboxylic acid groups (broad SMARTS) is 1. The summed E-state index contributed by atoms with van der Waals surface area (Å²) in [5.74, 6) is -2.31. The van der Waals surface area contributed by atoms with Gasteiger partial charge in [-0.05, 0) is 92.1 Å². The molecular formula is C30H41FO4. The molecule has 0 aliphatic heterocycles. The van der Waals surface area contributed by atoms with Gasteiger partial charge in [0, 0.05) is 16.7 Å². The van der Waals surface area contributed by atoms with Crippen molar-refractivity contribution in [2.24, 2.45) is 50.2 Å². The monoisotopic (exact) mass is 484 g/mol. The first-order chi connectivity index (χ1) is 16.0. The third-order valence-electron chi connectivity index (χ3n) is 12.4. The van der Waals surface area contributed by atoms with Crippen LogP contribution in [-0.4, -0.2) is 22.6 Å². The van der Waals surface area contributed by atoms with Crippen LogP contribution in [0.25, 0.3) is 0 Å². The molecule has 35 heavy (non-hydrogen) atoms. The zero-order valence-corrected chi connectivity index (χ0v) is 22.4. The van der Waals surface area contributed by atoms with Crippen molar-refractivity contribution in [3.8, 4) is 0 Å². The highest BCUT2D eigenvalue weighted by Gasteiger charge is 2.70. The maximum Gasteiger partial charge on any atom is 0.309 e. The van der Waals surface area contributed by atoms with Gasteiger partial charge in [0.15, 0.2) is 17.4 Å². The molecule has 0 aromatic rings. The first kappa shape index (κ1) is 24.9. The Labute approximate surface area is 208 Å². The number of hydrogen-bond acceptors (Lipinski definition) is 3. The first-order valence-electron chi connectivity index (χ1n) is 13.4. The zero-order chi connectivity index (χ0) is 26.0. The van der Waals surface area contributed by atoms with Crippen LogP contribution in [0.4, 0.5) is 4.39 Å². The fraction of sp³-hybridized carbons (Fsp3) is 0.767. The van der Waals surface area contributed by atoms with Gasteiger partial charge in [-0.3, -0.25) is 14.4 Å². The molecule has 8 atom stereocenters. The lowest BCUT2D eigenvalue weighted by Gasteiger charge is -2.69. The second-order valence-electron chi connectivity index (χ2n) is 14.5. The Morgan fingerprint density at radius 2 is 1.60 bits per heavy atom. The quantitative estimate of drug-likeness (QED) is 0.450. The molecule has 0 radical (unpaired) electrons. The molecule has 0 bridgehead atoms. The van der Waals surface area contributed by atoms with E-state index in [-0.39, 0.29) is 33.9 Å². The molecule has 0 heterocycles. The normalized spacial score (nSPS) is 50.7. The van der Waals surface area contributed by atoms with E-state index in [1.54, 1.807) is 0 Å². The van der Waals surface area contributed by atoms with Crippen LogP contribution in [0.3, 0.4) is 0 Å². The Morgan fingerprint density at radius 1 is 0.971 bits per heavy atom. The van der Waals surface area contributed by atoms with Crippen LogP contribution < -0.4 is 0 Å². The first-order valence-corrected chi connectivity index (χ1v) is 13.4. The molecule has 4 nitrogen and oxygen atoms in total. The van der Waals surface area contributed by atoms with Gasteiger partial charge < -0.3 is 5.11 Å². The number of fused-ring (bicyclic) bond motifs is 7. The molecule has 0 amide bonds. The van der Waals surface area contributed by atoms with Crippen molar-refractivity contribution in [1.82, 2.24) is 0 Å². The van der Waals surface area contributed by atoms with Gasteiger partial charge in [-0.25, -0.2) is 4.39 Å². The van der Waals surface area contributed by atoms with E-state index < -0.39 is 39.7 Å². The predicted octanol–water partition coefficient (Wildman–Crippen LogP) is 6.69. The molecule has 5 rings (SSSR count). The smallest absolute Gasteiger partial charge is 0.309 e. The van der Waals surface area contributed by atoms with E-state index in [1.807, 2.05) is 33.8 Å². The number of allylic oxidation sites excluding steroid dienone is 4. The lowest BCUT2D eigenvalue weighted by molar-refractivity contribution is -0.173. The van der Waals surface area contributed by atoms with E-state index >= 15 is 4.39 Å². The molecule has 3 fully saturated rings. The number of carbonyl (C=O) groups is 3. The van der Waals surface area contributed by atoms with E-state index in [2.05, 4.69) is 20.8 Å². The molecule has 5 aliphatic rings. The van der Waals surface area contributed by atoms with Gasteiger partial charge in [0.05, 0.1) is 5.41 Å². The summed E-state index contributed by atoms with van der Waals surface area (Å²) in [6.07, 6.45) is 8.96. The van der Waals surface area contributed by atoms with Gasteiger partial charge in [-0.15, -0.1) is 0 Å². The Morgan fingerprint density at radius 3 is 2.23 bits per heavy atom. The summed E-state index contributed by atoms with van der Waals surface area (Å²) in [7, 11) is 0. The summed E-state index contributed by atoms with van der Waals surface area (Å²) in [6, 6.07) is 0. The van der Waals surface area contributed by atoms with Crippen LogP contribution >= 0.6 is 0 Å². The Kier molecular flexibility index (Phi) is 4.94. The Hall–Kier alpha value is -1.78. The summed E-state index contributed by atoms with van der Waals surface area (Å²) in [5, 5.41) is 10.0. The maximum atomic E-state index is 15.1. The Bertz CT molecular complexity index is 1100. The number of aliphatic carboxylic acids is 1. The standard InChI is InChI=1S/C30H41FO4/c1-25(2)21-8-9-30(7)22(28(21,5)16-19(31)23(25)33)20(32)14-17-18-15-27(4,24(34)35)11-10-26(18,3)12-13-29(17,30)6/h14,16,18,21-22H,8-13,15H2,1-7H3,(H,34,35)/t18-,21-,22+,26+,27-,28-,29+,30+/m0/s1. The second kappa shape index (κ2) is 6.95. The lowest BCUT2D eigenvalue weighted by Crippen LogP contribution is -2.65. The van der Waals surface area contributed by atoms with Crippen molar-refractivity contribution < 1.29 is 23.9 Å². The molecule has 1 N–H and O–H groups in total. The summed E-state index contributed by atoms with van der Waals surface area (Å²) < 4.78 is 15.1. The van der Waals surface area contributed by atoms with Gasteiger partial charge in [0.1, 0.15) is 0 Å². The van der Waals surface area contributed by atoms with Crippen LogP contribution in [0.15, 0.2) is 23.6 Å².